The van der Waals surface area contributed by atoms with Gasteiger partial charge in [-0.2, -0.15) is 0 Å². The van der Waals surface area contributed by atoms with Crippen molar-refractivity contribution < 1.29 is 64.2 Å². The molecule has 0 bridgehead atoms. The van der Waals surface area contributed by atoms with Gasteiger partial charge in [-0.25, -0.2) is 0 Å². The Labute approximate surface area is 231 Å². The second-order valence-corrected chi connectivity index (χ2v) is 10.1. The summed E-state index contributed by atoms with van der Waals surface area (Å²) in [5.74, 6) is -1.55. The monoisotopic (exact) mass is 578 g/mol. The van der Waals surface area contributed by atoms with Crippen LogP contribution in [0.15, 0.2) is 45.6 Å². The molecule has 8 N–H and O–H groups in total. The van der Waals surface area contributed by atoms with Crippen molar-refractivity contribution in [1.29, 1.82) is 0 Å². The van der Waals surface area contributed by atoms with E-state index in [9.17, 15) is 45.6 Å². The summed E-state index contributed by atoms with van der Waals surface area (Å²) < 4.78 is 28.2. The van der Waals surface area contributed by atoms with Gasteiger partial charge in [0.05, 0.1) is 12.2 Å². The fraction of sp³-hybridized carbons (Fsp3) is 0.444. The Hall–Kier alpha value is -3.47. The maximum atomic E-state index is 13.7. The Morgan fingerprint density at radius 1 is 0.707 bits per heavy atom. The molecule has 222 valence electrons. The van der Waals surface area contributed by atoms with Crippen LogP contribution in [0.2, 0.25) is 0 Å². The normalized spacial score (nSPS) is 34.0. The van der Waals surface area contributed by atoms with Gasteiger partial charge < -0.3 is 64.2 Å². The lowest BCUT2D eigenvalue weighted by atomic mass is 10.00. The minimum absolute atomic E-state index is 0.0859. The summed E-state index contributed by atoms with van der Waals surface area (Å²) in [4.78, 5) is 13.7. The van der Waals surface area contributed by atoms with Crippen LogP contribution in [0.1, 0.15) is 13.8 Å². The highest BCUT2D eigenvalue weighted by Gasteiger charge is 2.45. The number of aromatic hydroxyl groups is 2. The molecular weight excluding hydrogens is 548 g/mol. The molecule has 0 unspecified atom stereocenters. The fourth-order valence-electron chi connectivity index (χ4n) is 4.71. The molecule has 2 aliphatic heterocycles. The van der Waals surface area contributed by atoms with E-state index in [0.29, 0.717) is 0 Å². The molecule has 41 heavy (non-hydrogen) atoms. The maximum Gasteiger partial charge on any atom is 0.239 e. The maximum absolute atomic E-state index is 13.7. The number of aliphatic hydroxyl groups excluding tert-OH is 6. The minimum Gasteiger partial charge on any atom is -0.508 e. The number of phenolic OH excluding ortho intramolecular Hbond substituents is 2. The molecule has 14 nitrogen and oxygen atoms in total. The summed E-state index contributed by atoms with van der Waals surface area (Å²) in [5, 5.41) is 81.1. The first-order chi connectivity index (χ1) is 19.4. The highest BCUT2D eigenvalue weighted by Crippen LogP contribution is 2.38. The van der Waals surface area contributed by atoms with E-state index in [1.165, 1.54) is 44.2 Å². The van der Waals surface area contributed by atoms with Gasteiger partial charge in [0.15, 0.2) is 5.76 Å². The summed E-state index contributed by atoms with van der Waals surface area (Å²) in [5.41, 5.74) is -0.865. The van der Waals surface area contributed by atoms with Crippen LogP contribution in [0.4, 0.5) is 0 Å². The van der Waals surface area contributed by atoms with E-state index < -0.39 is 78.3 Å². The predicted molar refractivity (Wildman–Crippen MR) is 137 cm³/mol. The van der Waals surface area contributed by atoms with Crippen molar-refractivity contribution in [2.24, 2.45) is 0 Å². The van der Waals surface area contributed by atoms with Crippen LogP contribution in [0.5, 0.6) is 23.0 Å². The lowest BCUT2D eigenvalue weighted by Crippen LogP contribution is -2.58. The summed E-state index contributed by atoms with van der Waals surface area (Å²) in [7, 11) is 0. The standard InChI is InChI=1S/C27H30O14/c1-9-17(30)20(33)22(35)26(37-9)39-13-7-14(29)16-15(8-13)40-24(11-3-5-12(28)6-4-11)25(19(16)32)41-27-23(36)21(34)18(31)10(2)38-27/h3-10,17-18,20-23,26-31,33-36H,1-2H3/t9-,10+,17-,18-,20-,21-,22+,23-,26-,27-/m0/s1. The number of hydrogen-bond donors (Lipinski definition) is 8. The van der Waals surface area contributed by atoms with Crippen LogP contribution in [0.25, 0.3) is 22.3 Å². The average molecular weight is 579 g/mol. The lowest BCUT2D eigenvalue weighted by molar-refractivity contribution is -0.268. The van der Waals surface area contributed by atoms with Gasteiger partial charge in [0.2, 0.25) is 23.8 Å². The Balaban J connectivity index is 1.58. The van der Waals surface area contributed by atoms with Crippen molar-refractivity contribution >= 4 is 11.0 Å². The van der Waals surface area contributed by atoms with Gasteiger partial charge in [-0.3, -0.25) is 4.79 Å². The molecule has 0 aliphatic carbocycles. The highest BCUT2D eigenvalue weighted by molar-refractivity contribution is 5.88. The zero-order valence-corrected chi connectivity index (χ0v) is 21.8. The van der Waals surface area contributed by atoms with Gasteiger partial charge >= 0.3 is 0 Å². The third kappa shape index (κ3) is 5.31. The van der Waals surface area contributed by atoms with E-state index in [2.05, 4.69) is 0 Å². The van der Waals surface area contributed by atoms with Crippen molar-refractivity contribution in [2.75, 3.05) is 0 Å². The molecule has 0 radical (unpaired) electrons. The third-order valence-corrected chi connectivity index (χ3v) is 7.14. The zero-order chi connectivity index (χ0) is 29.7. The number of hydrogen-bond acceptors (Lipinski definition) is 14. The molecule has 0 amide bonds. The second-order valence-electron chi connectivity index (χ2n) is 10.1. The van der Waals surface area contributed by atoms with Gasteiger partial charge in [0.1, 0.15) is 64.8 Å². The first kappa shape index (κ1) is 29.0. The fourth-order valence-corrected chi connectivity index (χ4v) is 4.71. The van der Waals surface area contributed by atoms with Crippen LogP contribution in [0, 0.1) is 0 Å². The van der Waals surface area contributed by atoms with Gasteiger partial charge in [-0.1, -0.05) is 0 Å². The SMILES string of the molecule is C[C@@H]1O[C@@H](Oc2cc(O)c3c(=O)c(O[C@@H]4O[C@H](C)[C@H](O)[C@H](O)[C@@H]4O)c(-c4ccc(O)cc4)oc3c2)[C@H](O)[C@@H](O)[C@H]1O. The van der Waals surface area contributed by atoms with Crippen LogP contribution in [0.3, 0.4) is 0 Å². The topological polar surface area (TPSA) is 229 Å². The predicted octanol–water partition coefficient (Wildman–Crippen LogP) is -0.716. The van der Waals surface area contributed by atoms with E-state index in [1.807, 2.05) is 0 Å². The first-order valence-corrected chi connectivity index (χ1v) is 12.7. The molecule has 3 aromatic rings. The molecule has 3 heterocycles. The number of rotatable bonds is 5. The molecule has 2 aliphatic rings. The molecule has 0 saturated carbocycles. The number of fused-ring (bicyclic) bond motifs is 1. The summed E-state index contributed by atoms with van der Waals surface area (Å²) in [6.07, 6.45) is -14.3. The van der Waals surface area contributed by atoms with E-state index in [1.54, 1.807) is 0 Å². The lowest BCUT2D eigenvalue weighted by Gasteiger charge is -2.39. The summed E-state index contributed by atoms with van der Waals surface area (Å²) >= 11 is 0. The third-order valence-electron chi connectivity index (χ3n) is 7.14. The van der Waals surface area contributed by atoms with Crippen molar-refractivity contribution in [2.45, 2.75) is 75.3 Å². The Morgan fingerprint density at radius 3 is 1.80 bits per heavy atom. The Kier molecular flexibility index (Phi) is 7.84. The smallest absolute Gasteiger partial charge is 0.239 e. The van der Waals surface area contributed by atoms with Crippen molar-refractivity contribution in [1.82, 2.24) is 0 Å². The Morgan fingerprint density at radius 2 is 1.24 bits per heavy atom. The van der Waals surface area contributed by atoms with E-state index in [-0.39, 0.29) is 33.8 Å². The summed E-state index contributed by atoms with van der Waals surface area (Å²) in [6.45, 7) is 2.90. The van der Waals surface area contributed by atoms with Crippen LogP contribution in [-0.4, -0.2) is 102 Å². The number of phenols is 2. The molecule has 1 aromatic heterocycles. The minimum atomic E-state index is -1.76. The molecule has 2 fully saturated rings. The average Bonchev–Trinajstić information content (AvgIpc) is 2.93. The van der Waals surface area contributed by atoms with E-state index in [4.69, 9.17) is 23.4 Å². The number of aliphatic hydroxyl groups is 6. The first-order valence-electron chi connectivity index (χ1n) is 12.7. The molecular formula is C27H30O14. The van der Waals surface area contributed by atoms with E-state index >= 15 is 0 Å². The molecule has 10 atom stereocenters. The van der Waals surface area contributed by atoms with Gasteiger partial charge in [0.25, 0.3) is 0 Å². The molecule has 2 saturated heterocycles. The van der Waals surface area contributed by atoms with E-state index in [0.717, 1.165) is 6.07 Å². The number of benzene rings is 2. The zero-order valence-electron chi connectivity index (χ0n) is 21.8. The number of ether oxygens (including phenoxy) is 4. The largest absolute Gasteiger partial charge is 0.508 e. The molecule has 5 rings (SSSR count). The van der Waals surface area contributed by atoms with Gasteiger partial charge in [-0.05, 0) is 38.1 Å². The summed E-state index contributed by atoms with van der Waals surface area (Å²) in [6, 6.07) is 7.71. The second kappa shape index (κ2) is 11.1. The Bertz CT molecular complexity index is 1460. The van der Waals surface area contributed by atoms with Gasteiger partial charge in [-0.15, -0.1) is 0 Å². The van der Waals surface area contributed by atoms with Gasteiger partial charge in [0, 0.05) is 17.7 Å². The highest BCUT2D eigenvalue weighted by atomic mass is 16.7. The molecule has 14 heteroatoms. The quantitative estimate of drug-likeness (QED) is 0.187. The van der Waals surface area contributed by atoms with Crippen molar-refractivity contribution in [3.63, 3.8) is 0 Å². The molecule has 0 spiro atoms. The van der Waals surface area contributed by atoms with Crippen LogP contribution < -0.4 is 14.9 Å². The van der Waals surface area contributed by atoms with Crippen molar-refractivity contribution in [3.8, 4) is 34.3 Å². The van der Waals surface area contributed by atoms with Crippen LogP contribution in [-0.2, 0) is 9.47 Å². The van der Waals surface area contributed by atoms with Crippen molar-refractivity contribution in [3.05, 3.63) is 46.6 Å². The van der Waals surface area contributed by atoms with Crippen LogP contribution >= 0.6 is 0 Å². The molecule has 2 aromatic carbocycles.